The lowest BCUT2D eigenvalue weighted by molar-refractivity contribution is 0.0819. The molecule has 1 atom stereocenters. The number of phenolic OH excluding ortho intramolecular Hbond substituents is 1. The van der Waals surface area contributed by atoms with Crippen LogP contribution in [0.2, 0.25) is 10.0 Å². The van der Waals surface area contributed by atoms with E-state index >= 15 is 0 Å². The summed E-state index contributed by atoms with van der Waals surface area (Å²) in [5.41, 5.74) is 0.897. The number of piperazine rings is 1. The van der Waals surface area contributed by atoms with Crippen molar-refractivity contribution in [2.75, 3.05) is 26.2 Å². The average Bonchev–Trinajstić information content (AvgIpc) is 2.39. The zero-order valence-corrected chi connectivity index (χ0v) is 15.4. The summed E-state index contributed by atoms with van der Waals surface area (Å²) in [7, 11) is 0. The molecule has 22 heavy (non-hydrogen) atoms. The average molecular weight is 388 g/mol. The number of phenols is 1. The maximum atomic E-state index is 10.4. The molecule has 2 fully saturated rings. The molecule has 1 aliphatic heterocycles. The summed E-state index contributed by atoms with van der Waals surface area (Å²) in [6.07, 6.45) is 3.72. The van der Waals surface area contributed by atoms with Crippen LogP contribution in [0, 0.1) is 5.92 Å². The SMILES string of the molecule is Cl.Cl.Oc1c(Cl)cc(Cl)cc1[C@H](C1CCC1)N1CCNCC1. The van der Waals surface area contributed by atoms with Gasteiger partial charge in [-0.05, 0) is 30.9 Å². The molecule has 3 rings (SSSR count). The Labute approximate surface area is 154 Å². The molecular formula is C15H22Cl4N2O. The van der Waals surface area contributed by atoms with Crippen LogP contribution in [0.4, 0.5) is 0 Å². The van der Waals surface area contributed by atoms with Crippen LogP contribution in [0.5, 0.6) is 5.75 Å². The van der Waals surface area contributed by atoms with Crippen molar-refractivity contribution in [3.05, 3.63) is 27.7 Å². The van der Waals surface area contributed by atoms with Crippen molar-refractivity contribution in [3.8, 4) is 5.75 Å². The number of benzene rings is 1. The first kappa shape index (κ1) is 20.1. The molecule has 1 saturated heterocycles. The van der Waals surface area contributed by atoms with E-state index in [4.69, 9.17) is 23.2 Å². The van der Waals surface area contributed by atoms with Crippen molar-refractivity contribution >= 4 is 48.0 Å². The van der Waals surface area contributed by atoms with Gasteiger partial charge < -0.3 is 10.4 Å². The number of hydrogen-bond donors (Lipinski definition) is 2. The molecule has 0 radical (unpaired) electrons. The van der Waals surface area contributed by atoms with Crippen molar-refractivity contribution in [2.45, 2.75) is 25.3 Å². The number of nitrogens with zero attached hydrogens (tertiary/aromatic N) is 1. The van der Waals surface area contributed by atoms with Gasteiger partial charge in [-0.15, -0.1) is 24.8 Å². The molecule has 1 heterocycles. The highest BCUT2D eigenvalue weighted by molar-refractivity contribution is 6.35. The first-order valence-electron chi connectivity index (χ1n) is 7.29. The fraction of sp³-hybridized carbons (Fsp3) is 0.600. The van der Waals surface area contributed by atoms with Crippen LogP contribution in [0.1, 0.15) is 30.9 Å². The van der Waals surface area contributed by atoms with Crippen LogP contribution in [0.25, 0.3) is 0 Å². The van der Waals surface area contributed by atoms with E-state index in [1.165, 1.54) is 19.3 Å². The third-order valence-corrected chi connectivity index (χ3v) is 5.02. The highest BCUT2D eigenvalue weighted by atomic mass is 35.5. The summed E-state index contributed by atoms with van der Waals surface area (Å²) in [5, 5.41) is 14.7. The van der Waals surface area contributed by atoms with Crippen molar-refractivity contribution in [1.82, 2.24) is 10.2 Å². The Morgan fingerprint density at radius 1 is 1.14 bits per heavy atom. The van der Waals surface area contributed by atoms with E-state index in [1.807, 2.05) is 6.07 Å². The Morgan fingerprint density at radius 3 is 2.32 bits per heavy atom. The second-order valence-corrected chi connectivity index (χ2v) is 6.59. The van der Waals surface area contributed by atoms with Crippen LogP contribution in [-0.4, -0.2) is 36.2 Å². The number of rotatable bonds is 3. The fourth-order valence-electron chi connectivity index (χ4n) is 3.28. The normalized spacial score (nSPS) is 20.5. The Bertz CT molecular complexity index is 491. The number of aromatic hydroxyl groups is 1. The monoisotopic (exact) mass is 386 g/mol. The molecule has 126 valence electrons. The first-order valence-corrected chi connectivity index (χ1v) is 8.05. The molecule has 2 N–H and O–H groups in total. The Kier molecular flexibility index (Phi) is 8.07. The summed E-state index contributed by atoms with van der Waals surface area (Å²) in [4.78, 5) is 2.46. The van der Waals surface area contributed by atoms with Crippen LogP contribution < -0.4 is 5.32 Å². The zero-order chi connectivity index (χ0) is 14.1. The van der Waals surface area contributed by atoms with E-state index in [2.05, 4.69) is 10.2 Å². The molecule has 1 aromatic rings. The van der Waals surface area contributed by atoms with Gasteiger partial charge in [-0.25, -0.2) is 0 Å². The smallest absolute Gasteiger partial charge is 0.139 e. The molecular weight excluding hydrogens is 366 g/mol. The summed E-state index contributed by atoms with van der Waals surface area (Å²) in [5.74, 6) is 0.806. The van der Waals surface area contributed by atoms with Crippen molar-refractivity contribution < 1.29 is 5.11 Å². The number of nitrogens with one attached hydrogen (secondary N) is 1. The van der Waals surface area contributed by atoms with E-state index in [0.29, 0.717) is 16.0 Å². The van der Waals surface area contributed by atoms with Gasteiger partial charge in [0.1, 0.15) is 5.75 Å². The topological polar surface area (TPSA) is 35.5 Å². The van der Waals surface area contributed by atoms with Gasteiger partial charge in [-0.1, -0.05) is 29.6 Å². The highest BCUT2D eigenvalue weighted by Crippen LogP contribution is 2.46. The Morgan fingerprint density at radius 2 is 1.77 bits per heavy atom. The second kappa shape index (κ2) is 8.81. The Hall–Kier alpha value is 0.1000. The van der Waals surface area contributed by atoms with Gasteiger partial charge in [0.2, 0.25) is 0 Å². The molecule has 1 aromatic carbocycles. The van der Waals surface area contributed by atoms with Crippen LogP contribution in [0.3, 0.4) is 0 Å². The van der Waals surface area contributed by atoms with Crippen LogP contribution in [-0.2, 0) is 0 Å². The van der Waals surface area contributed by atoms with E-state index in [9.17, 15) is 5.11 Å². The van der Waals surface area contributed by atoms with Crippen molar-refractivity contribution in [3.63, 3.8) is 0 Å². The molecule has 7 heteroatoms. The lowest BCUT2D eigenvalue weighted by Gasteiger charge is -2.43. The van der Waals surface area contributed by atoms with E-state index in [1.54, 1.807) is 6.07 Å². The molecule has 1 saturated carbocycles. The van der Waals surface area contributed by atoms with Gasteiger partial charge in [-0.3, -0.25) is 4.90 Å². The maximum absolute atomic E-state index is 10.4. The van der Waals surface area contributed by atoms with Gasteiger partial charge in [0.05, 0.1) is 5.02 Å². The minimum atomic E-state index is 0. The van der Waals surface area contributed by atoms with Gasteiger partial charge in [0, 0.05) is 42.8 Å². The molecule has 3 nitrogen and oxygen atoms in total. The summed E-state index contributed by atoms with van der Waals surface area (Å²) >= 11 is 12.2. The van der Waals surface area contributed by atoms with Crippen molar-refractivity contribution in [1.29, 1.82) is 0 Å². The minimum Gasteiger partial charge on any atom is -0.506 e. The molecule has 0 bridgehead atoms. The molecule has 2 aliphatic rings. The Balaban J connectivity index is 0.00000121. The zero-order valence-electron chi connectivity index (χ0n) is 12.2. The third kappa shape index (κ3) is 4.14. The van der Waals surface area contributed by atoms with Gasteiger partial charge in [0.15, 0.2) is 0 Å². The number of halogens is 4. The van der Waals surface area contributed by atoms with E-state index in [0.717, 1.165) is 31.7 Å². The lowest BCUT2D eigenvalue weighted by atomic mass is 9.76. The van der Waals surface area contributed by atoms with Gasteiger partial charge in [0.25, 0.3) is 0 Å². The highest BCUT2D eigenvalue weighted by Gasteiger charge is 2.35. The predicted octanol–water partition coefficient (Wildman–Crippen LogP) is 4.29. The molecule has 0 unspecified atom stereocenters. The first-order chi connectivity index (χ1) is 9.66. The largest absolute Gasteiger partial charge is 0.506 e. The minimum absolute atomic E-state index is 0. The summed E-state index contributed by atoms with van der Waals surface area (Å²) in [6.45, 7) is 4.01. The maximum Gasteiger partial charge on any atom is 0.139 e. The summed E-state index contributed by atoms with van der Waals surface area (Å²) in [6, 6.07) is 3.73. The third-order valence-electron chi connectivity index (χ3n) is 4.52. The van der Waals surface area contributed by atoms with Crippen LogP contribution in [0.15, 0.2) is 12.1 Å². The molecule has 0 aromatic heterocycles. The van der Waals surface area contributed by atoms with E-state index in [-0.39, 0.29) is 36.6 Å². The standard InChI is InChI=1S/C15H20Cl2N2O.2ClH/c16-11-8-12(15(20)13(17)9-11)14(10-2-1-3-10)19-6-4-18-5-7-19;;/h8-10,14,18,20H,1-7H2;2*1H/t14-;;/m0../s1. The van der Waals surface area contributed by atoms with Crippen molar-refractivity contribution in [2.24, 2.45) is 5.92 Å². The fourth-order valence-corrected chi connectivity index (χ4v) is 3.79. The van der Waals surface area contributed by atoms with Gasteiger partial charge in [-0.2, -0.15) is 0 Å². The lowest BCUT2D eigenvalue weighted by Crippen LogP contribution is -2.47. The number of hydrogen-bond acceptors (Lipinski definition) is 3. The van der Waals surface area contributed by atoms with Crippen LogP contribution >= 0.6 is 48.0 Å². The molecule has 0 amide bonds. The quantitative estimate of drug-likeness (QED) is 0.811. The summed E-state index contributed by atoms with van der Waals surface area (Å²) < 4.78 is 0. The molecule has 1 aliphatic carbocycles. The second-order valence-electron chi connectivity index (χ2n) is 5.75. The van der Waals surface area contributed by atoms with Gasteiger partial charge >= 0.3 is 0 Å². The molecule has 0 spiro atoms. The van der Waals surface area contributed by atoms with E-state index < -0.39 is 0 Å². The predicted molar refractivity (Wildman–Crippen MR) is 97.1 cm³/mol.